The Labute approximate surface area is 117 Å². The van der Waals surface area contributed by atoms with E-state index in [0.717, 1.165) is 18.5 Å². The molecule has 1 aromatic rings. The van der Waals surface area contributed by atoms with Crippen molar-refractivity contribution in [3.8, 4) is 5.88 Å². The molecule has 6 heteroatoms. The molecule has 1 rings (SSSR count). The fourth-order valence-electron chi connectivity index (χ4n) is 1.77. The number of halogens is 3. The zero-order chi connectivity index (χ0) is 15.0. The van der Waals surface area contributed by atoms with E-state index in [1.807, 2.05) is 13.0 Å². The molecule has 0 aromatic carbocycles. The number of nitrogens with one attached hydrogen (secondary N) is 1. The Morgan fingerprint density at radius 1 is 1.40 bits per heavy atom. The fourth-order valence-corrected chi connectivity index (χ4v) is 1.77. The summed E-state index contributed by atoms with van der Waals surface area (Å²) in [5, 5.41) is 3.30. The van der Waals surface area contributed by atoms with Crippen LogP contribution in [0.1, 0.15) is 44.7 Å². The van der Waals surface area contributed by atoms with E-state index in [0.29, 0.717) is 5.88 Å². The molecule has 0 saturated heterocycles. The molecule has 0 radical (unpaired) electrons. The van der Waals surface area contributed by atoms with Crippen molar-refractivity contribution >= 4 is 0 Å². The molecule has 0 aliphatic carbocycles. The number of aromatic nitrogens is 1. The maximum atomic E-state index is 12.0. The van der Waals surface area contributed by atoms with Gasteiger partial charge in [-0.3, -0.25) is 0 Å². The molecule has 0 aliphatic heterocycles. The van der Waals surface area contributed by atoms with E-state index >= 15 is 0 Å². The van der Waals surface area contributed by atoms with Crippen molar-refractivity contribution in [1.29, 1.82) is 0 Å². The average molecular weight is 290 g/mol. The first kappa shape index (κ1) is 16.8. The molecule has 0 saturated carbocycles. The van der Waals surface area contributed by atoms with Crippen molar-refractivity contribution < 1.29 is 17.9 Å². The summed E-state index contributed by atoms with van der Waals surface area (Å²) >= 11 is 0. The molecular formula is C14H21F3N2O. The summed E-state index contributed by atoms with van der Waals surface area (Å²) in [6.45, 7) is 4.93. The van der Waals surface area contributed by atoms with E-state index < -0.39 is 12.6 Å². The Balaban J connectivity index is 2.52. The van der Waals surface area contributed by atoms with Crippen molar-refractivity contribution in [3.63, 3.8) is 0 Å². The van der Waals surface area contributed by atoms with E-state index in [2.05, 4.69) is 17.2 Å². The van der Waals surface area contributed by atoms with Gasteiger partial charge in [-0.1, -0.05) is 13.0 Å². The maximum Gasteiger partial charge on any atom is 0.389 e. The van der Waals surface area contributed by atoms with Gasteiger partial charge in [0.25, 0.3) is 0 Å². The third-order valence-electron chi connectivity index (χ3n) is 2.81. The van der Waals surface area contributed by atoms with Crippen LogP contribution in [0, 0.1) is 0 Å². The lowest BCUT2D eigenvalue weighted by Crippen LogP contribution is -2.20. The smallest absolute Gasteiger partial charge is 0.389 e. The van der Waals surface area contributed by atoms with Crippen LogP contribution in [0.4, 0.5) is 13.2 Å². The van der Waals surface area contributed by atoms with E-state index in [-0.39, 0.29) is 19.1 Å². The summed E-state index contributed by atoms with van der Waals surface area (Å²) in [4.78, 5) is 4.10. The number of alkyl halides is 3. The van der Waals surface area contributed by atoms with Crippen LogP contribution in [0.5, 0.6) is 5.88 Å². The molecule has 1 aromatic heterocycles. The monoisotopic (exact) mass is 290 g/mol. The first-order valence-electron chi connectivity index (χ1n) is 6.82. The fraction of sp³-hybridized carbons (Fsp3) is 0.643. The molecule has 3 nitrogen and oxygen atoms in total. The summed E-state index contributed by atoms with van der Waals surface area (Å²) in [5.41, 5.74) is 0.868. The lowest BCUT2D eigenvalue weighted by molar-refractivity contribution is -0.136. The van der Waals surface area contributed by atoms with Gasteiger partial charge in [-0.05, 0) is 32.4 Å². The average Bonchev–Trinajstić information content (AvgIpc) is 2.40. The van der Waals surface area contributed by atoms with Crippen molar-refractivity contribution in [3.05, 3.63) is 23.9 Å². The van der Waals surface area contributed by atoms with Crippen LogP contribution < -0.4 is 10.1 Å². The molecule has 1 unspecified atom stereocenters. The Hall–Kier alpha value is -1.30. The summed E-state index contributed by atoms with van der Waals surface area (Å²) in [6.07, 6.45) is -2.44. The third kappa shape index (κ3) is 6.23. The van der Waals surface area contributed by atoms with Crippen LogP contribution >= 0.6 is 0 Å². The molecule has 1 N–H and O–H groups in total. The standard InChI is InChI=1S/C14H21F3N2O/c1-3-8-18-11(2)12-6-4-9-19-13(12)20-10-5-7-14(15,16)17/h4,6,9,11,18H,3,5,7-8,10H2,1-2H3. The second kappa shape index (κ2) is 8.09. The minimum absolute atomic E-state index is 0.0179. The number of ether oxygens (including phenoxy) is 1. The van der Waals surface area contributed by atoms with Gasteiger partial charge in [0.1, 0.15) is 0 Å². The van der Waals surface area contributed by atoms with Crippen molar-refractivity contribution in [1.82, 2.24) is 10.3 Å². The number of hydrogen-bond donors (Lipinski definition) is 1. The highest BCUT2D eigenvalue weighted by atomic mass is 19.4. The second-order valence-electron chi connectivity index (χ2n) is 4.64. The zero-order valence-corrected chi connectivity index (χ0v) is 11.8. The highest BCUT2D eigenvalue weighted by Crippen LogP contribution is 2.24. The van der Waals surface area contributed by atoms with E-state index in [1.165, 1.54) is 0 Å². The molecule has 0 aliphatic rings. The molecule has 114 valence electrons. The van der Waals surface area contributed by atoms with Crippen LogP contribution in [0.3, 0.4) is 0 Å². The van der Waals surface area contributed by atoms with Gasteiger partial charge in [-0.15, -0.1) is 0 Å². The van der Waals surface area contributed by atoms with Crippen molar-refractivity contribution in [2.24, 2.45) is 0 Å². The van der Waals surface area contributed by atoms with Crippen LogP contribution in [0.2, 0.25) is 0 Å². The first-order chi connectivity index (χ1) is 9.44. The van der Waals surface area contributed by atoms with Gasteiger partial charge in [0.2, 0.25) is 5.88 Å². The van der Waals surface area contributed by atoms with Gasteiger partial charge < -0.3 is 10.1 Å². The normalized spacial score (nSPS) is 13.2. The topological polar surface area (TPSA) is 34.2 Å². The number of pyridine rings is 1. The summed E-state index contributed by atoms with van der Waals surface area (Å²) in [5.74, 6) is 0.408. The summed E-state index contributed by atoms with van der Waals surface area (Å²) in [6, 6.07) is 3.72. The molecule has 1 heterocycles. The molecule has 0 amide bonds. The zero-order valence-electron chi connectivity index (χ0n) is 11.8. The van der Waals surface area contributed by atoms with Gasteiger partial charge >= 0.3 is 6.18 Å². The quantitative estimate of drug-likeness (QED) is 0.738. The number of nitrogens with zero attached hydrogens (tertiary/aromatic N) is 1. The van der Waals surface area contributed by atoms with Crippen LogP contribution in [0.25, 0.3) is 0 Å². The van der Waals surface area contributed by atoms with Gasteiger partial charge in [0.05, 0.1) is 6.61 Å². The minimum atomic E-state index is -4.13. The van der Waals surface area contributed by atoms with Gasteiger partial charge in [0, 0.05) is 24.2 Å². The molecular weight excluding hydrogens is 269 g/mol. The van der Waals surface area contributed by atoms with Crippen molar-refractivity contribution in [2.75, 3.05) is 13.2 Å². The summed E-state index contributed by atoms with van der Waals surface area (Å²) < 4.78 is 41.5. The maximum absolute atomic E-state index is 12.0. The summed E-state index contributed by atoms with van der Waals surface area (Å²) in [7, 11) is 0. The lowest BCUT2D eigenvalue weighted by atomic mass is 10.1. The van der Waals surface area contributed by atoms with Gasteiger partial charge in [-0.25, -0.2) is 4.98 Å². The minimum Gasteiger partial charge on any atom is -0.477 e. The number of hydrogen-bond acceptors (Lipinski definition) is 3. The SMILES string of the molecule is CCCNC(C)c1cccnc1OCCCC(F)(F)F. The number of rotatable bonds is 8. The van der Waals surface area contributed by atoms with Crippen LogP contribution in [-0.2, 0) is 0 Å². The Bertz CT molecular complexity index is 396. The molecule has 20 heavy (non-hydrogen) atoms. The van der Waals surface area contributed by atoms with Crippen LogP contribution in [-0.4, -0.2) is 24.3 Å². The van der Waals surface area contributed by atoms with E-state index in [4.69, 9.17) is 4.74 Å². The van der Waals surface area contributed by atoms with Crippen LogP contribution in [0.15, 0.2) is 18.3 Å². The molecule has 1 atom stereocenters. The van der Waals surface area contributed by atoms with Crippen molar-refractivity contribution in [2.45, 2.75) is 45.3 Å². The second-order valence-corrected chi connectivity index (χ2v) is 4.64. The lowest BCUT2D eigenvalue weighted by Gasteiger charge is -2.17. The molecule has 0 spiro atoms. The Kier molecular flexibility index (Phi) is 6.78. The van der Waals surface area contributed by atoms with Gasteiger partial charge in [-0.2, -0.15) is 13.2 Å². The predicted molar refractivity (Wildman–Crippen MR) is 71.7 cm³/mol. The highest BCUT2D eigenvalue weighted by Gasteiger charge is 2.26. The predicted octanol–water partition coefficient (Wildman–Crippen LogP) is 3.86. The largest absolute Gasteiger partial charge is 0.477 e. The Morgan fingerprint density at radius 2 is 2.15 bits per heavy atom. The first-order valence-corrected chi connectivity index (χ1v) is 6.82. The molecule has 0 bridgehead atoms. The van der Waals surface area contributed by atoms with E-state index in [1.54, 1.807) is 12.3 Å². The van der Waals surface area contributed by atoms with Gasteiger partial charge in [0.15, 0.2) is 0 Å². The van der Waals surface area contributed by atoms with E-state index in [9.17, 15) is 13.2 Å². The highest BCUT2D eigenvalue weighted by molar-refractivity contribution is 5.28. The Morgan fingerprint density at radius 3 is 2.80 bits per heavy atom. The molecule has 0 fully saturated rings. The third-order valence-corrected chi connectivity index (χ3v) is 2.81.